The summed E-state index contributed by atoms with van der Waals surface area (Å²) in [4.78, 5) is 0. The number of ether oxygens (including phenoxy) is 2. The molecular formula is C17H18O2. The molecule has 1 aliphatic heterocycles. The van der Waals surface area contributed by atoms with Crippen molar-refractivity contribution in [2.24, 2.45) is 0 Å². The standard InChI is InChI=1S/C17H18O2/c1-13-7-5-6-10-16(13)17(19-12-15-11-18-15)14-8-3-2-4-9-14/h2-10,15,17H,11-12H2,1H3/t15-,17-/m1/s1. The lowest BCUT2D eigenvalue weighted by Crippen LogP contribution is -2.11. The second kappa shape index (κ2) is 5.55. The van der Waals surface area contributed by atoms with Crippen molar-refractivity contribution in [1.82, 2.24) is 0 Å². The fraction of sp³-hybridized carbons (Fsp3) is 0.294. The van der Waals surface area contributed by atoms with Gasteiger partial charge in [-0.1, -0.05) is 54.6 Å². The monoisotopic (exact) mass is 254 g/mol. The Morgan fingerprint density at radius 1 is 1.11 bits per heavy atom. The first kappa shape index (κ1) is 12.4. The van der Waals surface area contributed by atoms with Crippen LogP contribution in [0, 0.1) is 6.92 Å². The quantitative estimate of drug-likeness (QED) is 0.762. The Morgan fingerprint density at radius 2 is 1.79 bits per heavy atom. The van der Waals surface area contributed by atoms with E-state index in [-0.39, 0.29) is 12.2 Å². The molecule has 0 aliphatic carbocycles. The van der Waals surface area contributed by atoms with Crippen molar-refractivity contribution >= 4 is 0 Å². The van der Waals surface area contributed by atoms with Gasteiger partial charge in [0.25, 0.3) is 0 Å². The second-order valence-corrected chi connectivity index (χ2v) is 4.94. The normalized spacial score (nSPS) is 19.1. The number of rotatable bonds is 5. The topological polar surface area (TPSA) is 21.8 Å². The summed E-state index contributed by atoms with van der Waals surface area (Å²) in [5.41, 5.74) is 3.68. The van der Waals surface area contributed by atoms with Gasteiger partial charge in [0.05, 0.1) is 13.2 Å². The van der Waals surface area contributed by atoms with Gasteiger partial charge in [0.2, 0.25) is 0 Å². The number of hydrogen-bond acceptors (Lipinski definition) is 2. The van der Waals surface area contributed by atoms with Gasteiger partial charge in [-0.05, 0) is 23.6 Å². The van der Waals surface area contributed by atoms with Gasteiger partial charge in [0.15, 0.2) is 0 Å². The maximum atomic E-state index is 6.09. The van der Waals surface area contributed by atoms with Crippen molar-refractivity contribution in [2.45, 2.75) is 19.1 Å². The van der Waals surface area contributed by atoms with Crippen molar-refractivity contribution in [1.29, 1.82) is 0 Å². The molecule has 2 aromatic carbocycles. The maximum Gasteiger partial charge on any atom is 0.108 e. The van der Waals surface area contributed by atoms with Crippen LogP contribution in [0.15, 0.2) is 54.6 Å². The highest BCUT2D eigenvalue weighted by molar-refractivity contribution is 5.35. The Morgan fingerprint density at radius 3 is 2.47 bits per heavy atom. The molecule has 19 heavy (non-hydrogen) atoms. The largest absolute Gasteiger partial charge is 0.371 e. The smallest absolute Gasteiger partial charge is 0.108 e. The van der Waals surface area contributed by atoms with Crippen molar-refractivity contribution in [3.63, 3.8) is 0 Å². The van der Waals surface area contributed by atoms with Crippen LogP contribution in [-0.2, 0) is 9.47 Å². The maximum absolute atomic E-state index is 6.09. The third-order valence-electron chi connectivity index (χ3n) is 3.42. The van der Waals surface area contributed by atoms with Gasteiger partial charge in [0, 0.05) is 0 Å². The van der Waals surface area contributed by atoms with Gasteiger partial charge in [-0.15, -0.1) is 0 Å². The van der Waals surface area contributed by atoms with E-state index in [9.17, 15) is 0 Å². The minimum atomic E-state index is -0.00778. The molecule has 1 heterocycles. The average Bonchev–Trinajstić information content (AvgIpc) is 3.26. The Kier molecular flexibility index (Phi) is 3.62. The molecule has 1 fully saturated rings. The fourth-order valence-electron chi connectivity index (χ4n) is 2.24. The summed E-state index contributed by atoms with van der Waals surface area (Å²) >= 11 is 0. The molecule has 3 rings (SSSR count). The van der Waals surface area contributed by atoms with E-state index in [1.165, 1.54) is 16.7 Å². The summed E-state index contributed by atoms with van der Waals surface area (Å²) < 4.78 is 11.3. The van der Waals surface area contributed by atoms with Crippen LogP contribution in [0.2, 0.25) is 0 Å². The third-order valence-corrected chi connectivity index (χ3v) is 3.42. The highest BCUT2D eigenvalue weighted by Crippen LogP contribution is 2.29. The summed E-state index contributed by atoms with van der Waals surface area (Å²) in [7, 11) is 0. The summed E-state index contributed by atoms with van der Waals surface area (Å²) in [5, 5.41) is 0. The van der Waals surface area contributed by atoms with Crippen LogP contribution < -0.4 is 0 Å². The molecule has 0 radical (unpaired) electrons. The summed E-state index contributed by atoms with van der Waals surface area (Å²) in [6, 6.07) is 18.8. The van der Waals surface area contributed by atoms with E-state index in [1.807, 2.05) is 6.07 Å². The number of aryl methyl sites for hydroxylation is 1. The minimum Gasteiger partial charge on any atom is -0.371 e. The highest BCUT2D eigenvalue weighted by Gasteiger charge is 2.25. The molecule has 0 aromatic heterocycles. The van der Waals surface area contributed by atoms with Gasteiger partial charge in [-0.25, -0.2) is 0 Å². The second-order valence-electron chi connectivity index (χ2n) is 4.94. The van der Waals surface area contributed by atoms with Gasteiger partial charge in [-0.2, -0.15) is 0 Å². The van der Waals surface area contributed by atoms with Crippen LogP contribution in [0.4, 0.5) is 0 Å². The first-order chi connectivity index (χ1) is 9.34. The Bertz CT molecular complexity index is 532. The number of hydrogen-bond donors (Lipinski definition) is 0. The molecule has 0 amide bonds. The lowest BCUT2D eigenvalue weighted by atomic mass is 9.97. The first-order valence-corrected chi connectivity index (χ1v) is 6.68. The molecule has 98 valence electrons. The van der Waals surface area contributed by atoms with Gasteiger partial charge in [-0.3, -0.25) is 0 Å². The molecule has 1 aliphatic rings. The molecule has 0 unspecified atom stereocenters. The van der Waals surface area contributed by atoms with Crippen LogP contribution in [0.1, 0.15) is 22.8 Å². The zero-order valence-electron chi connectivity index (χ0n) is 11.1. The van der Waals surface area contributed by atoms with E-state index in [0.717, 1.165) is 6.61 Å². The summed E-state index contributed by atoms with van der Waals surface area (Å²) in [5.74, 6) is 0. The number of benzene rings is 2. The third kappa shape index (κ3) is 3.03. The van der Waals surface area contributed by atoms with Crippen LogP contribution in [0.5, 0.6) is 0 Å². The van der Waals surface area contributed by atoms with Crippen molar-refractivity contribution < 1.29 is 9.47 Å². The summed E-state index contributed by atoms with van der Waals surface area (Å²) in [6.07, 6.45) is 0.279. The van der Waals surface area contributed by atoms with Crippen LogP contribution >= 0.6 is 0 Å². The SMILES string of the molecule is Cc1ccccc1[C@H](OC[C@H]1CO1)c1ccccc1. The van der Waals surface area contributed by atoms with E-state index >= 15 is 0 Å². The lowest BCUT2D eigenvalue weighted by Gasteiger charge is -2.20. The van der Waals surface area contributed by atoms with Crippen molar-refractivity contribution in [2.75, 3.05) is 13.2 Å². The predicted octanol–water partition coefficient (Wildman–Crippen LogP) is 3.50. The van der Waals surface area contributed by atoms with E-state index in [0.29, 0.717) is 6.61 Å². The molecular weight excluding hydrogens is 236 g/mol. The van der Waals surface area contributed by atoms with E-state index in [4.69, 9.17) is 9.47 Å². The van der Waals surface area contributed by atoms with Crippen molar-refractivity contribution in [3.8, 4) is 0 Å². The molecule has 1 saturated heterocycles. The predicted molar refractivity (Wildman–Crippen MR) is 75.2 cm³/mol. The Balaban J connectivity index is 1.89. The highest BCUT2D eigenvalue weighted by atomic mass is 16.6. The average molecular weight is 254 g/mol. The minimum absolute atomic E-state index is 0.00778. The molecule has 0 spiro atoms. The number of epoxide rings is 1. The van der Waals surface area contributed by atoms with E-state index in [1.54, 1.807) is 0 Å². The fourth-order valence-corrected chi connectivity index (χ4v) is 2.24. The van der Waals surface area contributed by atoms with Gasteiger partial charge >= 0.3 is 0 Å². The molecule has 2 aromatic rings. The van der Waals surface area contributed by atoms with Gasteiger partial charge < -0.3 is 9.47 Å². The molecule has 2 heteroatoms. The molecule has 2 atom stereocenters. The zero-order valence-corrected chi connectivity index (χ0v) is 11.1. The van der Waals surface area contributed by atoms with E-state index < -0.39 is 0 Å². The molecule has 0 bridgehead atoms. The van der Waals surface area contributed by atoms with Crippen LogP contribution in [0.3, 0.4) is 0 Å². The zero-order chi connectivity index (χ0) is 13.1. The van der Waals surface area contributed by atoms with Gasteiger partial charge in [0.1, 0.15) is 12.2 Å². The van der Waals surface area contributed by atoms with Crippen molar-refractivity contribution in [3.05, 3.63) is 71.3 Å². The molecule has 0 N–H and O–H groups in total. The lowest BCUT2D eigenvalue weighted by molar-refractivity contribution is 0.0668. The summed E-state index contributed by atoms with van der Waals surface area (Å²) in [6.45, 7) is 3.62. The first-order valence-electron chi connectivity index (χ1n) is 6.68. The molecule has 2 nitrogen and oxygen atoms in total. The van der Waals surface area contributed by atoms with E-state index in [2.05, 4.69) is 55.5 Å². The van der Waals surface area contributed by atoms with Crippen LogP contribution in [-0.4, -0.2) is 19.3 Å². The molecule has 0 saturated carbocycles. The van der Waals surface area contributed by atoms with Crippen LogP contribution in [0.25, 0.3) is 0 Å². The Labute approximate surface area is 114 Å². The Hall–Kier alpha value is -1.64.